The number of carboxylic acid groups (broad SMARTS) is 1. The summed E-state index contributed by atoms with van der Waals surface area (Å²) in [5.74, 6) is -1.36. The summed E-state index contributed by atoms with van der Waals surface area (Å²) in [6.07, 6.45) is 2.62. The quantitative estimate of drug-likeness (QED) is 0.476. The molecule has 0 aromatic rings. The van der Waals surface area contributed by atoms with Crippen molar-refractivity contribution in [1.29, 1.82) is 0 Å². The molecule has 0 bridgehead atoms. The molecule has 0 heterocycles. The molecular formula is C11H19NO4. The zero-order valence-corrected chi connectivity index (χ0v) is 9.62. The van der Waals surface area contributed by atoms with Gasteiger partial charge in [-0.3, -0.25) is 9.59 Å². The van der Waals surface area contributed by atoms with Gasteiger partial charge in [0.25, 0.3) is 0 Å². The molecule has 0 spiro atoms. The van der Waals surface area contributed by atoms with Crippen LogP contribution in [0.4, 0.5) is 0 Å². The third-order valence-corrected chi connectivity index (χ3v) is 2.69. The fourth-order valence-corrected chi connectivity index (χ4v) is 1.45. The van der Waals surface area contributed by atoms with Crippen LogP contribution in [0.3, 0.4) is 0 Å². The molecule has 0 radical (unpaired) electrons. The Morgan fingerprint density at radius 1 is 1.38 bits per heavy atom. The van der Waals surface area contributed by atoms with Gasteiger partial charge in [-0.1, -0.05) is 6.92 Å². The predicted octanol–water partition coefficient (Wildman–Crippen LogP) is 0.784. The second-order valence-corrected chi connectivity index (χ2v) is 4.11. The minimum Gasteiger partial charge on any atom is -0.480 e. The van der Waals surface area contributed by atoms with Crippen LogP contribution in [0.2, 0.25) is 0 Å². The van der Waals surface area contributed by atoms with Crippen molar-refractivity contribution in [3.05, 3.63) is 0 Å². The van der Waals surface area contributed by atoms with Crippen LogP contribution in [0.5, 0.6) is 0 Å². The third kappa shape index (κ3) is 3.20. The maximum absolute atomic E-state index is 11.5. The molecule has 1 aliphatic carbocycles. The average molecular weight is 229 g/mol. The summed E-state index contributed by atoms with van der Waals surface area (Å²) in [5, 5.41) is 11.5. The Kier molecular flexibility index (Phi) is 4.73. The lowest BCUT2D eigenvalue weighted by atomic mass is 10.1. The molecule has 0 atom stereocenters. The van der Waals surface area contributed by atoms with E-state index in [4.69, 9.17) is 9.84 Å². The normalized spacial score (nSPS) is 16.8. The number of hydrogen-bond donors (Lipinski definition) is 2. The predicted molar refractivity (Wildman–Crippen MR) is 58.0 cm³/mol. The van der Waals surface area contributed by atoms with Gasteiger partial charge in [0.2, 0.25) is 5.91 Å². The van der Waals surface area contributed by atoms with Crippen LogP contribution in [0.1, 0.15) is 32.6 Å². The zero-order valence-electron chi connectivity index (χ0n) is 9.62. The van der Waals surface area contributed by atoms with Gasteiger partial charge in [0.1, 0.15) is 5.41 Å². The van der Waals surface area contributed by atoms with Gasteiger partial charge in [-0.15, -0.1) is 0 Å². The van der Waals surface area contributed by atoms with Crippen LogP contribution >= 0.6 is 0 Å². The fraction of sp³-hybridized carbons (Fsp3) is 0.818. The summed E-state index contributed by atoms with van der Waals surface area (Å²) in [6, 6.07) is 0. The monoisotopic (exact) mass is 229 g/mol. The first-order valence-electron chi connectivity index (χ1n) is 5.73. The van der Waals surface area contributed by atoms with E-state index in [0.29, 0.717) is 26.0 Å². The Morgan fingerprint density at radius 3 is 2.56 bits per heavy atom. The molecule has 0 aromatic carbocycles. The van der Waals surface area contributed by atoms with Crippen LogP contribution < -0.4 is 5.32 Å². The Morgan fingerprint density at radius 2 is 2.06 bits per heavy atom. The van der Waals surface area contributed by atoms with E-state index in [1.165, 1.54) is 0 Å². The molecule has 5 heteroatoms. The molecule has 1 aliphatic rings. The minimum atomic E-state index is -1.12. The van der Waals surface area contributed by atoms with Gasteiger partial charge in [-0.25, -0.2) is 0 Å². The van der Waals surface area contributed by atoms with Crippen molar-refractivity contribution in [2.24, 2.45) is 5.41 Å². The van der Waals surface area contributed by atoms with Crippen molar-refractivity contribution < 1.29 is 19.4 Å². The average Bonchev–Trinajstić information content (AvgIpc) is 3.03. The van der Waals surface area contributed by atoms with E-state index in [9.17, 15) is 9.59 Å². The smallest absolute Gasteiger partial charge is 0.319 e. The highest BCUT2D eigenvalue weighted by Gasteiger charge is 2.56. The summed E-state index contributed by atoms with van der Waals surface area (Å²) < 4.78 is 5.25. The molecule has 2 N–H and O–H groups in total. The fourth-order valence-electron chi connectivity index (χ4n) is 1.45. The van der Waals surface area contributed by atoms with Crippen LogP contribution in [0.25, 0.3) is 0 Å². The molecule has 5 nitrogen and oxygen atoms in total. The van der Waals surface area contributed by atoms with Crippen molar-refractivity contribution in [1.82, 2.24) is 5.32 Å². The van der Waals surface area contributed by atoms with Crippen LogP contribution in [0, 0.1) is 5.41 Å². The van der Waals surface area contributed by atoms with Gasteiger partial charge in [-0.2, -0.15) is 0 Å². The van der Waals surface area contributed by atoms with Gasteiger partial charge in [0, 0.05) is 19.8 Å². The van der Waals surface area contributed by atoms with Crippen molar-refractivity contribution in [2.75, 3.05) is 19.8 Å². The summed E-state index contributed by atoms with van der Waals surface area (Å²) in [6.45, 7) is 3.85. The Labute approximate surface area is 95.2 Å². The van der Waals surface area contributed by atoms with Gasteiger partial charge >= 0.3 is 5.97 Å². The molecule has 0 unspecified atom stereocenters. The molecule has 92 valence electrons. The highest BCUT2D eigenvalue weighted by Crippen LogP contribution is 2.45. The van der Waals surface area contributed by atoms with E-state index in [-0.39, 0.29) is 5.91 Å². The molecule has 1 rings (SSSR count). The van der Waals surface area contributed by atoms with Crippen molar-refractivity contribution in [3.8, 4) is 0 Å². The summed E-state index contributed by atoms with van der Waals surface area (Å²) >= 11 is 0. The van der Waals surface area contributed by atoms with Crippen molar-refractivity contribution in [2.45, 2.75) is 32.6 Å². The first kappa shape index (κ1) is 13.0. The molecule has 1 fully saturated rings. The maximum atomic E-state index is 11.5. The number of rotatable bonds is 8. The summed E-state index contributed by atoms with van der Waals surface area (Å²) in [7, 11) is 0. The number of aliphatic carboxylic acids is 1. The number of nitrogens with one attached hydrogen (secondary N) is 1. The van der Waals surface area contributed by atoms with E-state index in [1.54, 1.807) is 0 Å². The Bertz CT molecular complexity index is 261. The van der Waals surface area contributed by atoms with Gasteiger partial charge in [0.15, 0.2) is 0 Å². The van der Waals surface area contributed by atoms with E-state index in [1.807, 2.05) is 6.92 Å². The van der Waals surface area contributed by atoms with Crippen molar-refractivity contribution in [3.63, 3.8) is 0 Å². The second kappa shape index (κ2) is 5.84. The number of hydrogen-bond acceptors (Lipinski definition) is 3. The van der Waals surface area contributed by atoms with Crippen molar-refractivity contribution >= 4 is 11.9 Å². The number of amides is 1. The summed E-state index contributed by atoms with van der Waals surface area (Å²) in [5.41, 5.74) is -1.12. The molecule has 0 aliphatic heterocycles. The molecule has 16 heavy (non-hydrogen) atoms. The highest BCUT2D eigenvalue weighted by molar-refractivity contribution is 6.04. The lowest BCUT2D eigenvalue weighted by molar-refractivity contribution is -0.149. The zero-order chi connectivity index (χ0) is 12.0. The van der Waals surface area contributed by atoms with E-state index >= 15 is 0 Å². The number of carbonyl (C=O) groups excluding carboxylic acids is 1. The van der Waals surface area contributed by atoms with Gasteiger partial charge in [0.05, 0.1) is 0 Å². The lowest BCUT2D eigenvalue weighted by Crippen LogP contribution is -2.37. The third-order valence-electron chi connectivity index (χ3n) is 2.69. The topological polar surface area (TPSA) is 75.6 Å². The first-order valence-corrected chi connectivity index (χ1v) is 5.73. The van der Waals surface area contributed by atoms with Crippen LogP contribution in [0.15, 0.2) is 0 Å². The van der Waals surface area contributed by atoms with E-state index < -0.39 is 11.4 Å². The van der Waals surface area contributed by atoms with Gasteiger partial charge < -0.3 is 15.2 Å². The Hall–Kier alpha value is -1.10. The van der Waals surface area contributed by atoms with Crippen LogP contribution in [-0.2, 0) is 14.3 Å². The SMILES string of the molecule is CCCOCCCNC(=O)C1(C(=O)O)CC1. The maximum Gasteiger partial charge on any atom is 0.319 e. The van der Waals surface area contributed by atoms with Crippen LogP contribution in [-0.4, -0.2) is 36.7 Å². The lowest BCUT2D eigenvalue weighted by Gasteiger charge is -2.10. The highest BCUT2D eigenvalue weighted by atomic mass is 16.5. The first-order chi connectivity index (χ1) is 7.63. The summed E-state index contributed by atoms with van der Waals surface area (Å²) in [4.78, 5) is 22.3. The number of ether oxygens (including phenoxy) is 1. The van der Waals surface area contributed by atoms with E-state index in [0.717, 1.165) is 19.4 Å². The molecule has 1 saturated carbocycles. The van der Waals surface area contributed by atoms with Gasteiger partial charge in [-0.05, 0) is 25.7 Å². The van der Waals surface area contributed by atoms with E-state index in [2.05, 4.69) is 5.32 Å². The Balaban J connectivity index is 2.10. The molecular weight excluding hydrogens is 210 g/mol. The largest absolute Gasteiger partial charge is 0.480 e. The number of carboxylic acids is 1. The molecule has 0 aromatic heterocycles. The standard InChI is InChI=1S/C11H19NO4/c1-2-7-16-8-3-6-12-9(13)11(4-5-11)10(14)15/h2-8H2,1H3,(H,12,13)(H,14,15). The molecule has 1 amide bonds. The minimum absolute atomic E-state index is 0.351. The number of carbonyl (C=O) groups is 2. The second-order valence-electron chi connectivity index (χ2n) is 4.11. The molecule has 0 saturated heterocycles.